The number of aliphatic hydroxyl groups is 1. The minimum Gasteiger partial charge on any atom is -0.495 e. The van der Waals surface area contributed by atoms with Crippen LogP contribution in [0.1, 0.15) is 24.5 Å². The minimum absolute atomic E-state index is 0.638. The molecule has 1 N–H and O–H groups in total. The largest absolute Gasteiger partial charge is 0.495 e. The second-order valence-corrected chi connectivity index (χ2v) is 4.55. The summed E-state index contributed by atoms with van der Waals surface area (Å²) in [5.74, 6) is 0.638. The maximum atomic E-state index is 10.3. The number of aromatic nitrogens is 2. The first-order valence-corrected chi connectivity index (χ1v) is 6.45. The fourth-order valence-corrected chi connectivity index (χ4v) is 2.13. The van der Waals surface area contributed by atoms with Crippen LogP contribution in [0, 0.1) is 0 Å². The molecule has 1 aliphatic rings. The SMILES string of the molecule is OC(C1=CCCCO1)c1cnn(-c2ccccc2)c1. The summed E-state index contributed by atoms with van der Waals surface area (Å²) >= 11 is 0. The van der Waals surface area contributed by atoms with Crippen LogP contribution >= 0.6 is 0 Å². The Morgan fingerprint density at radius 2 is 2.11 bits per heavy atom. The average Bonchev–Trinajstić information content (AvgIpc) is 2.98. The fourth-order valence-electron chi connectivity index (χ4n) is 2.13. The van der Waals surface area contributed by atoms with Crippen molar-refractivity contribution in [3.8, 4) is 5.69 Å². The Morgan fingerprint density at radius 3 is 2.84 bits per heavy atom. The van der Waals surface area contributed by atoms with Gasteiger partial charge in [-0.15, -0.1) is 0 Å². The molecule has 0 saturated heterocycles. The van der Waals surface area contributed by atoms with E-state index in [1.54, 1.807) is 10.9 Å². The molecule has 3 rings (SSSR count). The van der Waals surface area contributed by atoms with Crippen LogP contribution in [0.3, 0.4) is 0 Å². The van der Waals surface area contributed by atoms with E-state index in [-0.39, 0.29) is 0 Å². The number of aliphatic hydroxyl groups excluding tert-OH is 1. The standard InChI is InChI=1S/C15H16N2O2/c18-15(14-8-4-5-9-19-14)12-10-16-17(11-12)13-6-2-1-3-7-13/h1-3,6-8,10-11,15,18H,4-5,9H2. The van der Waals surface area contributed by atoms with Crippen molar-refractivity contribution in [3.63, 3.8) is 0 Å². The maximum absolute atomic E-state index is 10.3. The third kappa shape index (κ3) is 2.53. The van der Waals surface area contributed by atoms with Gasteiger partial charge in [0.15, 0.2) is 0 Å². The molecule has 1 unspecified atom stereocenters. The van der Waals surface area contributed by atoms with Gasteiger partial charge in [-0.25, -0.2) is 4.68 Å². The molecule has 0 aliphatic carbocycles. The second kappa shape index (κ2) is 5.28. The van der Waals surface area contributed by atoms with Crippen molar-refractivity contribution in [3.05, 3.63) is 60.1 Å². The number of para-hydroxylation sites is 1. The third-order valence-corrected chi connectivity index (χ3v) is 3.17. The number of ether oxygens (including phenoxy) is 1. The molecule has 2 aromatic rings. The van der Waals surface area contributed by atoms with Crippen LogP contribution in [0.5, 0.6) is 0 Å². The summed E-state index contributed by atoms with van der Waals surface area (Å²) in [5.41, 5.74) is 1.72. The van der Waals surface area contributed by atoms with E-state index < -0.39 is 6.10 Å². The Hall–Kier alpha value is -2.07. The zero-order chi connectivity index (χ0) is 13.1. The van der Waals surface area contributed by atoms with E-state index in [1.807, 2.05) is 42.6 Å². The summed E-state index contributed by atoms with van der Waals surface area (Å²) in [6, 6.07) is 9.82. The lowest BCUT2D eigenvalue weighted by molar-refractivity contribution is 0.0918. The van der Waals surface area contributed by atoms with Crippen molar-refractivity contribution in [2.45, 2.75) is 18.9 Å². The summed E-state index contributed by atoms with van der Waals surface area (Å²) in [4.78, 5) is 0. The third-order valence-electron chi connectivity index (χ3n) is 3.17. The number of allylic oxidation sites excluding steroid dienone is 1. The van der Waals surface area contributed by atoms with Gasteiger partial charge in [0.25, 0.3) is 0 Å². The lowest BCUT2D eigenvalue weighted by atomic mass is 10.1. The second-order valence-electron chi connectivity index (χ2n) is 4.55. The number of benzene rings is 1. The van der Waals surface area contributed by atoms with Crippen molar-refractivity contribution in [1.29, 1.82) is 0 Å². The summed E-state index contributed by atoms with van der Waals surface area (Å²) in [6.07, 6.45) is 6.71. The first-order chi connectivity index (χ1) is 9.34. The highest BCUT2D eigenvalue weighted by atomic mass is 16.5. The Kier molecular flexibility index (Phi) is 3.33. The van der Waals surface area contributed by atoms with E-state index in [0.717, 1.165) is 24.1 Å². The molecule has 0 spiro atoms. The lowest BCUT2D eigenvalue weighted by Gasteiger charge is -2.18. The Labute approximate surface area is 111 Å². The molecule has 98 valence electrons. The van der Waals surface area contributed by atoms with Crippen molar-refractivity contribution in [2.24, 2.45) is 0 Å². The number of hydrogen-bond donors (Lipinski definition) is 1. The predicted molar refractivity (Wildman–Crippen MR) is 71.8 cm³/mol. The molecule has 1 aliphatic heterocycles. The van der Waals surface area contributed by atoms with Crippen LogP contribution in [0.4, 0.5) is 0 Å². The van der Waals surface area contributed by atoms with E-state index in [9.17, 15) is 5.11 Å². The van der Waals surface area contributed by atoms with Gasteiger partial charge >= 0.3 is 0 Å². The quantitative estimate of drug-likeness (QED) is 0.918. The average molecular weight is 256 g/mol. The van der Waals surface area contributed by atoms with Crippen molar-refractivity contribution < 1.29 is 9.84 Å². The molecule has 1 aromatic heterocycles. The Balaban J connectivity index is 1.83. The summed E-state index contributed by atoms with van der Waals surface area (Å²) in [6.45, 7) is 0.676. The Bertz CT molecular complexity index is 575. The monoisotopic (exact) mass is 256 g/mol. The number of hydrogen-bond acceptors (Lipinski definition) is 3. The van der Waals surface area contributed by atoms with Gasteiger partial charge in [-0.2, -0.15) is 5.10 Å². The van der Waals surface area contributed by atoms with Crippen molar-refractivity contribution in [2.75, 3.05) is 6.61 Å². The first-order valence-electron chi connectivity index (χ1n) is 6.45. The number of nitrogens with zero attached hydrogens (tertiary/aromatic N) is 2. The minimum atomic E-state index is -0.724. The highest BCUT2D eigenvalue weighted by Gasteiger charge is 2.18. The molecule has 0 radical (unpaired) electrons. The molecular formula is C15H16N2O2. The van der Waals surface area contributed by atoms with Crippen LogP contribution in [0.25, 0.3) is 5.69 Å². The molecule has 19 heavy (non-hydrogen) atoms. The summed E-state index contributed by atoms with van der Waals surface area (Å²) in [7, 11) is 0. The summed E-state index contributed by atoms with van der Waals surface area (Å²) < 4.78 is 7.24. The van der Waals surface area contributed by atoms with Crippen LogP contribution < -0.4 is 0 Å². The van der Waals surface area contributed by atoms with E-state index in [1.165, 1.54) is 0 Å². The smallest absolute Gasteiger partial charge is 0.139 e. The molecule has 0 fully saturated rings. The summed E-state index contributed by atoms with van der Waals surface area (Å²) in [5, 5.41) is 14.5. The zero-order valence-electron chi connectivity index (χ0n) is 10.6. The predicted octanol–water partition coefficient (Wildman–Crippen LogP) is 2.60. The molecule has 0 bridgehead atoms. The highest BCUT2D eigenvalue weighted by molar-refractivity contribution is 5.32. The molecule has 1 atom stereocenters. The topological polar surface area (TPSA) is 47.3 Å². The van der Waals surface area contributed by atoms with E-state index in [4.69, 9.17) is 4.74 Å². The van der Waals surface area contributed by atoms with Crippen molar-refractivity contribution >= 4 is 0 Å². The molecule has 2 heterocycles. The van der Waals surface area contributed by atoms with E-state index >= 15 is 0 Å². The molecule has 0 amide bonds. The molecule has 4 nitrogen and oxygen atoms in total. The van der Waals surface area contributed by atoms with Gasteiger partial charge in [-0.05, 0) is 31.1 Å². The van der Waals surface area contributed by atoms with Crippen LogP contribution in [0.15, 0.2) is 54.6 Å². The fraction of sp³-hybridized carbons (Fsp3) is 0.267. The van der Waals surface area contributed by atoms with Gasteiger partial charge in [0.05, 0.1) is 18.5 Å². The highest BCUT2D eigenvalue weighted by Crippen LogP contribution is 2.25. The molecular weight excluding hydrogens is 240 g/mol. The zero-order valence-corrected chi connectivity index (χ0v) is 10.6. The Morgan fingerprint density at radius 1 is 1.26 bits per heavy atom. The number of rotatable bonds is 3. The van der Waals surface area contributed by atoms with E-state index in [0.29, 0.717) is 12.4 Å². The van der Waals surface area contributed by atoms with Crippen LogP contribution in [-0.4, -0.2) is 21.5 Å². The first kappa shape index (κ1) is 12.0. The maximum Gasteiger partial charge on any atom is 0.139 e. The van der Waals surface area contributed by atoms with E-state index in [2.05, 4.69) is 5.10 Å². The van der Waals surface area contributed by atoms with Gasteiger partial charge in [0, 0.05) is 11.8 Å². The molecule has 0 saturated carbocycles. The van der Waals surface area contributed by atoms with Crippen LogP contribution in [-0.2, 0) is 4.74 Å². The van der Waals surface area contributed by atoms with Gasteiger partial charge in [-0.1, -0.05) is 18.2 Å². The van der Waals surface area contributed by atoms with Gasteiger partial charge in [0.1, 0.15) is 11.9 Å². The normalized spacial score (nSPS) is 16.6. The molecule has 4 heteroatoms. The molecule has 1 aromatic carbocycles. The van der Waals surface area contributed by atoms with Gasteiger partial charge < -0.3 is 9.84 Å². The van der Waals surface area contributed by atoms with Crippen LogP contribution in [0.2, 0.25) is 0 Å². The van der Waals surface area contributed by atoms with Gasteiger partial charge in [0.2, 0.25) is 0 Å². The van der Waals surface area contributed by atoms with Gasteiger partial charge in [-0.3, -0.25) is 0 Å². The van der Waals surface area contributed by atoms with Crippen molar-refractivity contribution in [1.82, 2.24) is 9.78 Å². The lowest BCUT2D eigenvalue weighted by Crippen LogP contribution is -2.09.